The van der Waals surface area contributed by atoms with Crippen LogP contribution in [0.3, 0.4) is 0 Å². The number of nitro groups is 2. The minimum Gasteiger partial charge on any atom is -0.489 e. The van der Waals surface area contributed by atoms with Crippen LogP contribution >= 0.6 is 0 Å². The van der Waals surface area contributed by atoms with E-state index in [4.69, 9.17) is 9.47 Å². The number of benzene rings is 3. The number of rotatable bonds is 21. The molecule has 19 nitrogen and oxygen atoms in total. The topological polar surface area (TPSA) is 258 Å². The number of carbonyl (C=O) groups excluding carboxylic acids is 5. The first kappa shape index (κ1) is 48.5. The van der Waals surface area contributed by atoms with Crippen molar-refractivity contribution in [2.75, 3.05) is 4.90 Å². The van der Waals surface area contributed by atoms with E-state index in [9.17, 15) is 44.2 Å². The van der Waals surface area contributed by atoms with Gasteiger partial charge in [-0.3, -0.25) is 44.3 Å². The highest BCUT2D eigenvalue weighted by atomic mass is 16.6. The predicted molar refractivity (Wildman–Crippen MR) is 231 cm³/mol. The van der Waals surface area contributed by atoms with Crippen LogP contribution in [0, 0.1) is 32.1 Å². The lowest BCUT2D eigenvalue weighted by Crippen LogP contribution is -2.60. The second-order valence-corrected chi connectivity index (χ2v) is 16.2. The molecule has 4 N–H and O–H groups in total. The van der Waals surface area contributed by atoms with Crippen LogP contribution in [0.1, 0.15) is 71.7 Å². The van der Waals surface area contributed by atoms with Gasteiger partial charge >= 0.3 is 17.5 Å². The number of nitrogens with one attached hydrogen (secondary N) is 4. The van der Waals surface area contributed by atoms with Crippen LogP contribution < -0.4 is 25.6 Å². The molecule has 63 heavy (non-hydrogen) atoms. The maximum atomic E-state index is 15.0. The predicted octanol–water partition coefficient (Wildman–Crippen LogP) is 5.67. The molecule has 0 spiro atoms. The Morgan fingerprint density at radius 3 is 2.08 bits per heavy atom. The maximum absolute atomic E-state index is 15.0. The van der Waals surface area contributed by atoms with Crippen LogP contribution in [0.4, 0.5) is 21.9 Å². The fraction of sp³-hybridized carbons (Fsp3) is 0.409. The number of aromatic nitrogens is 2. The van der Waals surface area contributed by atoms with Crippen LogP contribution in [0.2, 0.25) is 0 Å². The van der Waals surface area contributed by atoms with Gasteiger partial charge in [-0.25, -0.2) is 9.78 Å². The smallest absolute Gasteiger partial charge is 0.408 e. The van der Waals surface area contributed by atoms with Crippen LogP contribution in [-0.2, 0) is 43.4 Å². The number of hydrogen-bond donors (Lipinski definition) is 4. The molecule has 19 heteroatoms. The third-order valence-corrected chi connectivity index (χ3v) is 9.92. The Bertz CT molecular complexity index is 2210. The molecule has 0 bridgehead atoms. The second kappa shape index (κ2) is 22.1. The first-order valence-corrected chi connectivity index (χ1v) is 20.3. The van der Waals surface area contributed by atoms with Crippen molar-refractivity contribution < 1.29 is 43.3 Å². The minimum atomic E-state index is -1.62. The van der Waals surface area contributed by atoms with Gasteiger partial charge in [0.05, 0.1) is 21.9 Å². The molecule has 4 rings (SSSR count). The standard InChI is InChI=1S/C44H53N8O11/c1-8-28(4)38(42(56)50(32(24-53)22-31-23-45-26-46-31)35-15-12-16-36(51(58)59)39(35)52(60)61)48-40(54)34(47-41(55)37(27(2)3)49-43(57)63-44(5,6)7)21-29-17-19-33(20-18-29)62-25-30-13-10-9-11-14-30/h9-20,23,26-28,32,34,37-38H,8,21-22,25H2,1-7H3,(H,45,46)(H,47,55)(H,48,54)(H,49,57)/t28-,32-,34-,37-,38-/m0/s1. The zero-order chi connectivity index (χ0) is 46.4. The Labute approximate surface area is 364 Å². The Kier molecular flexibility index (Phi) is 17.0. The van der Waals surface area contributed by atoms with E-state index in [1.54, 1.807) is 79.0 Å². The fourth-order valence-corrected chi connectivity index (χ4v) is 6.50. The van der Waals surface area contributed by atoms with E-state index in [-0.39, 0.29) is 25.0 Å². The number of para-hydroxylation sites is 1. The molecule has 0 aliphatic rings. The average molecular weight is 870 g/mol. The Morgan fingerprint density at radius 2 is 1.52 bits per heavy atom. The van der Waals surface area contributed by atoms with E-state index in [2.05, 4.69) is 25.9 Å². The van der Waals surface area contributed by atoms with Crippen molar-refractivity contribution in [1.82, 2.24) is 25.9 Å². The third kappa shape index (κ3) is 13.7. The molecule has 0 saturated carbocycles. The summed E-state index contributed by atoms with van der Waals surface area (Å²) in [6, 6.07) is 13.7. The molecular weight excluding hydrogens is 817 g/mol. The Morgan fingerprint density at radius 1 is 0.841 bits per heavy atom. The molecule has 5 atom stereocenters. The van der Waals surface area contributed by atoms with Crippen LogP contribution in [0.5, 0.6) is 5.75 Å². The van der Waals surface area contributed by atoms with Crippen molar-refractivity contribution in [3.63, 3.8) is 0 Å². The number of hydrogen-bond acceptors (Lipinski definition) is 12. The number of H-pyrrole nitrogens is 1. The van der Waals surface area contributed by atoms with E-state index in [0.29, 0.717) is 17.9 Å². The van der Waals surface area contributed by atoms with E-state index in [0.717, 1.165) is 28.7 Å². The van der Waals surface area contributed by atoms with Gasteiger partial charge < -0.3 is 30.4 Å². The van der Waals surface area contributed by atoms with Gasteiger partial charge in [-0.15, -0.1) is 0 Å². The number of nitro benzene ring substituents is 2. The van der Waals surface area contributed by atoms with Crippen LogP contribution in [0.25, 0.3) is 0 Å². The maximum Gasteiger partial charge on any atom is 0.408 e. The number of ether oxygens (including phenoxy) is 2. The molecule has 0 saturated heterocycles. The fourth-order valence-electron chi connectivity index (χ4n) is 6.50. The summed E-state index contributed by atoms with van der Waals surface area (Å²) in [5, 5.41) is 32.5. The highest BCUT2D eigenvalue weighted by Gasteiger charge is 2.42. The SMILES string of the molecule is CC[C@H](C)[C@H](NC(=O)[C@H](Cc1ccc(OCc2ccccc2)cc1)NC(=O)[C@@H](NC(=O)OC(C)(C)C)C(C)C)C(=O)N(c1cccc([N+](=O)[O-])c1[N+](=O)[O-])[C@H]([C]=O)Cc1c[nH]cn1. The molecule has 3 aromatic carbocycles. The second-order valence-electron chi connectivity index (χ2n) is 16.2. The number of aromatic amines is 1. The Balaban J connectivity index is 1.75. The number of imidazole rings is 1. The molecule has 4 amide bonds. The van der Waals surface area contributed by atoms with Gasteiger partial charge in [-0.05, 0) is 61.9 Å². The monoisotopic (exact) mass is 869 g/mol. The largest absolute Gasteiger partial charge is 0.489 e. The lowest BCUT2D eigenvalue weighted by molar-refractivity contribution is -0.422. The number of amides is 4. The lowest BCUT2D eigenvalue weighted by atomic mass is 9.95. The average Bonchev–Trinajstić information content (AvgIpc) is 3.76. The number of nitrogens with zero attached hydrogens (tertiary/aromatic N) is 4. The van der Waals surface area contributed by atoms with Crippen molar-refractivity contribution >= 4 is 47.2 Å². The molecule has 0 aliphatic carbocycles. The minimum absolute atomic E-state index is 0.126. The highest BCUT2D eigenvalue weighted by Crippen LogP contribution is 2.38. The zero-order valence-corrected chi connectivity index (χ0v) is 36.2. The molecule has 0 unspecified atom stereocenters. The highest BCUT2D eigenvalue weighted by molar-refractivity contribution is 6.05. The van der Waals surface area contributed by atoms with Gasteiger partial charge in [0.2, 0.25) is 18.1 Å². The molecule has 1 heterocycles. The number of carbonyl (C=O) groups is 4. The summed E-state index contributed by atoms with van der Waals surface area (Å²) in [6.07, 6.45) is 3.44. The normalized spacial score (nSPS) is 13.7. The van der Waals surface area contributed by atoms with E-state index >= 15 is 0 Å². The summed E-state index contributed by atoms with van der Waals surface area (Å²) >= 11 is 0. The molecule has 4 aromatic rings. The molecular formula is C44H53N8O11. The Hall–Kier alpha value is -7.18. The van der Waals surface area contributed by atoms with Crippen molar-refractivity contribution in [2.24, 2.45) is 11.8 Å². The summed E-state index contributed by atoms with van der Waals surface area (Å²) in [5.41, 5.74) is -1.69. The van der Waals surface area contributed by atoms with Gasteiger partial charge in [0, 0.05) is 25.1 Å². The molecule has 1 aromatic heterocycles. The van der Waals surface area contributed by atoms with Gasteiger partial charge in [0.25, 0.3) is 5.91 Å². The van der Waals surface area contributed by atoms with Gasteiger partial charge in [0.15, 0.2) is 0 Å². The molecule has 1 radical (unpaired) electrons. The van der Waals surface area contributed by atoms with Crippen molar-refractivity contribution in [2.45, 2.75) is 104 Å². The summed E-state index contributed by atoms with van der Waals surface area (Å²) in [7, 11) is 0. The van der Waals surface area contributed by atoms with Gasteiger partial charge in [-0.1, -0.05) is 82.6 Å². The van der Waals surface area contributed by atoms with E-state index < -0.39 is 92.3 Å². The molecule has 335 valence electrons. The zero-order valence-electron chi connectivity index (χ0n) is 36.2. The van der Waals surface area contributed by atoms with Gasteiger partial charge in [0.1, 0.15) is 47.8 Å². The van der Waals surface area contributed by atoms with Crippen molar-refractivity contribution in [3.05, 3.63) is 122 Å². The first-order chi connectivity index (χ1) is 29.8. The van der Waals surface area contributed by atoms with Crippen LogP contribution in [0.15, 0.2) is 85.3 Å². The summed E-state index contributed by atoms with van der Waals surface area (Å²) < 4.78 is 11.3. The molecule has 0 aliphatic heterocycles. The quantitative estimate of drug-likeness (QED) is 0.0584. The first-order valence-electron chi connectivity index (χ1n) is 20.3. The number of alkyl carbamates (subject to hydrolysis) is 1. The third-order valence-electron chi connectivity index (χ3n) is 9.92. The van der Waals surface area contributed by atoms with Gasteiger partial charge in [-0.2, -0.15) is 0 Å². The molecule has 0 fully saturated rings. The van der Waals surface area contributed by atoms with E-state index in [1.807, 2.05) is 30.3 Å². The van der Waals surface area contributed by atoms with Crippen molar-refractivity contribution in [1.29, 1.82) is 0 Å². The number of anilines is 1. The van der Waals surface area contributed by atoms with E-state index in [1.165, 1.54) is 12.5 Å². The summed E-state index contributed by atoms with van der Waals surface area (Å²) in [5.74, 6) is -3.30. The van der Waals surface area contributed by atoms with Crippen LogP contribution in [-0.4, -0.2) is 79.7 Å². The lowest BCUT2D eigenvalue weighted by Gasteiger charge is -2.34. The van der Waals surface area contributed by atoms with Crippen molar-refractivity contribution in [3.8, 4) is 5.75 Å². The summed E-state index contributed by atoms with van der Waals surface area (Å²) in [4.78, 5) is 99.1. The summed E-state index contributed by atoms with van der Waals surface area (Å²) in [6.45, 7) is 12.0.